The first-order valence-electron chi connectivity index (χ1n) is 6.30. The van der Waals surface area contributed by atoms with Gasteiger partial charge >= 0.3 is 0 Å². The Kier molecular flexibility index (Phi) is 8.63. The fourth-order valence-electron chi connectivity index (χ4n) is 1.74. The molecule has 0 spiro atoms. The van der Waals surface area contributed by atoms with Crippen molar-refractivity contribution in [2.45, 2.75) is 25.8 Å². The zero-order valence-electron chi connectivity index (χ0n) is 11.1. The summed E-state index contributed by atoms with van der Waals surface area (Å²) in [6, 6.07) is 4.51. The van der Waals surface area contributed by atoms with E-state index in [2.05, 4.69) is 18.3 Å². The Morgan fingerprint density at radius 1 is 1.33 bits per heavy atom. The van der Waals surface area contributed by atoms with Gasteiger partial charge in [0.2, 0.25) is 0 Å². The second kappa shape index (κ2) is 9.75. The molecule has 1 rings (SSSR count). The molecule has 0 saturated carbocycles. The topological polar surface area (TPSA) is 30.5 Å². The number of likely N-dealkylation sites (N-methyl/N-ethyl adjacent to an activating group) is 1. The average molecular weight is 292 g/mol. The number of halogens is 1. The highest BCUT2D eigenvalue weighted by Crippen LogP contribution is 2.23. The monoisotopic (exact) mass is 291 g/mol. The van der Waals surface area contributed by atoms with Gasteiger partial charge in [-0.1, -0.05) is 18.5 Å². The summed E-state index contributed by atoms with van der Waals surface area (Å²) in [5.41, 5.74) is 0. The van der Waals surface area contributed by atoms with E-state index in [0.29, 0.717) is 19.3 Å². The van der Waals surface area contributed by atoms with E-state index in [1.165, 1.54) is 4.88 Å². The molecule has 1 heterocycles. The molecule has 0 aliphatic rings. The Labute approximate surface area is 118 Å². The predicted octanol–water partition coefficient (Wildman–Crippen LogP) is 2.98. The van der Waals surface area contributed by atoms with Crippen LogP contribution in [0.3, 0.4) is 0 Å². The van der Waals surface area contributed by atoms with E-state index in [0.717, 1.165) is 30.3 Å². The van der Waals surface area contributed by atoms with Crippen LogP contribution >= 0.6 is 22.9 Å². The van der Waals surface area contributed by atoms with Gasteiger partial charge in [-0.15, -0.1) is 11.3 Å². The second-order valence-corrected chi connectivity index (χ2v) is 5.86. The number of methoxy groups -OCH3 is 1. The zero-order chi connectivity index (χ0) is 13.2. The SMILES string of the molecule is CCNC(CCOCCOC)Cc1ccc(Cl)s1. The largest absolute Gasteiger partial charge is 0.382 e. The van der Waals surface area contributed by atoms with E-state index in [1.54, 1.807) is 18.4 Å². The summed E-state index contributed by atoms with van der Waals surface area (Å²) in [5, 5.41) is 3.48. The van der Waals surface area contributed by atoms with Crippen molar-refractivity contribution in [2.24, 2.45) is 0 Å². The van der Waals surface area contributed by atoms with Crippen molar-refractivity contribution in [1.82, 2.24) is 5.32 Å². The standard InChI is InChI=1S/C13H22ClNO2S/c1-3-15-11(6-7-17-9-8-16-2)10-12-4-5-13(14)18-12/h4-5,11,15H,3,6-10H2,1-2H3. The molecule has 1 aromatic heterocycles. The number of rotatable bonds is 10. The maximum absolute atomic E-state index is 5.94. The molecule has 5 heteroatoms. The molecule has 18 heavy (non-hydrogen) atoms. The van der Waals surface area contributed by atoms with Crippen molar-refractivity contribution in [3.63, 3.8) is 0 Å². The van der Waals surface area contributed by atoms with Crippen LogP contribution in [0.5, 0.6) is 0 Å². The molecule has 1 atom stereocenters. The highest BCUT2D eigenvalue weighted by molar-refractivity contribution is 7.16. The van der Waals surface area contributed by atoms with E-state index in [-0.39, 0.29) is 0 Å². The molecule has 0 aliphatic heterocycles. The van der Waals surface area contributed by atoms with Crippen LogP contribution in [0.15, 0.2) is 12.1 Å². The van der Waals surface area contributed by atoms with Crippen molar-refractivity contribution < 1.29 is 9.47 Å². The van der Waals surface area contributed by atoms with Crippen LogP contribution in [0.2, 0.25) is 4.34 Å². The third-order valence-corrected chi connectivity index (χ3v) is 3.87. The smallest absolute Gasteiger partial charge is 0.0931 e. The van der Waals surface area contributed by atoms with Gasteiger partial charge in [0, 0.05) is 24.6 Å². The molecule has 0 amide bonds. The third-order valence-electron chi connectivity index (χ3n) is 2.61. The normalized spacial score (nSPS) is 12.8. The molecule has 1 N–H and O–H groups in total. The molecule has 0 radical (unpaired) electrons. The van der Waals surface area contributed by atoms with Gasteiger partial charge < -0.3 is 14.8 Å². The first-order chi connectivity index (χ1) is 8.76. The van der Waals surface area contributed by atoms with Crippen LogP contribution in [-0.4, -0.2) is 39.5 Å². The Morgan fingerprint density at radius 3 is 2.78 bits per heavy atom. The lowest BCUT2D eigenvalue weighted by Gasteiger charge is -2.17. The Balaban J connectivity index is 2.26. The van der Waals surface area contributed by atoms with Gasteiger partial charge in [-0.2, -0.15) is 0 Å². The first-order valence-corrected chi connectivity index (χ1v) is 7.50. The Morgan fingerprint density at radius 2 is 2.17 bits per heavy atom. The second-order valence-electron chi connectivity index (χ2n) is 4.06. The summed E-state index contributed by atoms with van der Waals surface area (Å²) >= 11 is 7.60. The average Bonchev–Trinajstić information content (AvgIpc) is 2.75. The van der Waals surface area contributed by atoms with Gasteiger partial charge in [-0.3, -0.25) is 0 Å². The molecule has 1 unspecified atom stereocenters. The summed E-state index contributed by atoms with van der Waals surface area (Å²) in [6.07, 6.45) is 2.02. The minimum Gasteiger partial charge on any atom is -0.382 e. The molecule has 0 saturated heterocycles. The van der Waals surface area contributed by atoms with E-state index >= 15 is 0 Å². The maximum atomic E-state index is 5.94. The Hall–Kier alpha value is -0.130. The summed E-state index contributed by atoms with van der Waals surface area (Å²) in [4.78, 5) is 1.32. The van der Waals surface area contributed by atoms with E-state index < -0.39 is 0 Å². The van der Waals surface area contributed by atoms with Crippen molar-refractivity contribution in [3.05, 3.63) is 21.3 Å². The van der Waals surface area contributed by atoms with Gasteiger partial charge in [0.05, 0.1) is 17.6 Å². The molecule has 3 nitrogen and oxygen atoms in total. The van der Waals surface area contributed by atoms with Crippen LogP contribution in [0.4, 0.5) is 0 Å². The van der Waals surface area contributed by atoms with Crippen molar-refractivity contribution in [1.29, 1.82) is 0 Å². The van der Waals surface area contributed by atoms with Gasteiger partial charge in [-0.05, 0) is 31.5 Å². The molecule has 0 bridgehead atoms. The number of hydrogen-bond donors (Lipinski definition) is 1. The van der Waals surface area contributed by atoms with E-state index in [9.17, 15) is 0 Å². The quantitative estimate of drug-likeness (QED) is 0.672. The maximum Gasteiger partial charge on any atom is 0.0931 e. The van der Waals surface area contributed by atoms with Crippen LogP contribution < -0.4 is 5.32 Å². The molecular weight excluding hydrogens is 270 g/mol. The van der Waals surface area contributed by atoms with Crippen molar-refractivity contribution in [2.75, 3.05) is 33.5 Å². The summed E-state index contributed by atoms with van der Waals surface area (Å²) in [6.45, 7) is 5.19. The summed E-state index contributed by atoms with van der Waals surface area (Å²) in [5.74, 6) is 0. The predicted molar refractivity (Wildman–Crippen MR) is 77.8 cm³/mol. The van der Waals surface area contributed by atoms with Gasteiger partial charge in [-0.25, -0.2) is 0 Å². The zero-order valence-corrected chi connectivity index (χ0v) is 12.6. The molecule has 1 aromatic rings. The van der Waals surface area contributed by atoms with Gasteiger partial charge in [0.15, 0.2) is 0 Å². The molecule has 104 valence electrons. The van der Waals surface area contributed by atoms with Crippen molar-refractivity contribution in [3.8, 4) is 0 Å². The van der Waals surface area contributed by atoms with Crippen molar-refractivity contribution >= 4 is 22.9 Å². The van der Waals surface area contributed by atoms with Crippen LogP contribution in [0.25, 0.3) is 0 Å². The summed E-state index contributed by atoms with van der Waals surface area (Å²) in [7, 11) is 1.69. The van der Waals surface area contributed by atoms with Crippen LogP contribution in [-0.2, 0) is 15.9 Å². The number of nitrogens with one attached hydrogen (secondary N) is 1. The van der Waals surface area contributed by atoms with Crippen LogP contribution in [0, 0.1) is 0 Å². The number of hydrogen-bond acceptors (Lipinski definition) is 4. The molecule has 0 aromatic carbocycles. The third kappa shape index (κ3) is 6.71. The Bertz CT molecular complexity index is 320. The van der Waals surface area contributed by atoms with Gasteiger partial charge in [0.1, 0.15) is 0 Å². The molecule has 0 aliphatic carbocycles. The minimum atomic E-state index is 0.451. The molecular formula is C13H22ClNO2S. The number of ether oxygens (including phenoxy) is 2. The fourth-order valence-corrected chi connectivity index (χ4v) is 2.91. The highest BCUT2D eigenvalue weighted by Gasteiger charge is 2.10. The highest BCUT2D eigenvalue weighted by atomic mass is 35.5. The first kappa shape index (κ1) is 15.9. The van der Waals surface area contributed by atoms with Gasteiger partial charge in [0.25, 0.3) is 0 Å². The number of thiophene rings is 1. The lowest BCUT2D eigenvalue weighted by Crippen LogP contribution is -2.32. The van der Waals surface area contributed by atoms with Crippen LogP contribution in [0.1, 0.15) is 18.2 Å². The summed E-state index contributed by atoms with van der Waals surface area (Å²) < 4.78 is 11.3. The fraction of sp³-hybridized carbons (Fsp3) is 0.692. The lowest BCUT2D eigenvalue weighted by atomic mass is 10.1. The minimum absolute atomic E-state index is 0.451. The van der Waals surface area contributed by atoms with E-state index in [1.807, 2.05) is 6.07 Å². The lowest BCUT2D eigenvalue weighted by molar-refractivity contribution is 0.0659. The molecule has 0 fully saturated rings. The van der Waals surface area contributed by atoms with E-state index in [4.69, 9.17) is 21.1 Å².